The number of allylic oxidation sites excluding steroid dienone is 3. The van der Waals surface area contributed by atoms with Gasteiger partial charge in [-0.15, -0.1) is 0 Å². The van der Waals surface area contributed by atoms with Crippen molar-refractivity contribution in [1.29, 1.82) is 0 Å². The molecule has 1 atom stereocenters. The molecule has 1 aliphatic rings. The van der Waals surface area contributed by atoms with Crippen LogP contribution in [0.1, 0.15) is 47.0 Å². The Balaban J connectivity index is 2.16. The second-order valence-electron chi connectivity index (χ2n) is 7.43. The van der Waals surface area contributed by atoms with E-state index in [2.05, 4.69) is 41.4 Å². The number of hydrogen-bond donors (Lipinski definition) is 2. The summed E-state index contributed by atoms with van der Waals surface area (Å²) < 4.78 is 0. The van der Waals surface area contributed by atoms with Crippen molar-refractivity contribution < 1.29 is 9.59 Å². The van der Waals surface area contributed by atoms with E-state index in [0.717, 1.165) is 19.3 Å². The number of aromatic nitrogens is 2. The minimum atomic E-state index is -0.279. The fraction of sp³-hybridized carbons (Fsp3) is 0.474. The van der Waals surface area contributed by atoms with Gasteiger partial charge in [0.25, 0.3) is 0 Å². The molecule has 0 saturated heterocycles. The van der Waals surface area contributed by atoms with Crippen molar-refractivity contribution in [1.82, 2.24) is 15.3 Å². The summed E-state index contributed by atoms with van der Waals surface area (Å²) in [5.41, 5.74) is 0.305. The lowest BCUT2D eigenvalue weighted by molar-refractivity contribution is -0.120. The monoisotopic (exact) mass is 376 g/mol. The minimum absolute atomic E-state index is 0.0216. The zero-order chi connectivity index (χ0) is 19.4. The quantitative estimate of drug-likeness (QED) is 0.450. The zero-order valence-electron chi connectivity index (χ0n) is 15.6. The molecule has 0 aromatic carbocycles. The maximum atomic E-state index is 12.6. The van der Waals surface area contributed by atoms with Crippen molar-refractivity contribution in [3.63, 3.8) is 0 Å². The number of rotatable bonds is 6. The summed E-state index contributed by atoms with van der Waals surface area (Å²) in [5, 5.41) is 6.17. The number of aldehydes is 1. The standard InChI is InChI=1S/C19H25ClN4O2/c1-13(17(26)24-19(4)8-5-7-18(19,2)3)15(20)10-14(11-25)23-16-6-9-21-12-22-16/h6,9-12H,5,7-8H2,1-4H3,(H,24,26)(H,21,22,23)/b14-10+,15-13-. The molecule has 1 aliphatic carbocycles. The summed E-state index contributed by atoms with van der Waals surface area (Å²) >= 11 is 6.28. The molecule has 0 aliphatic heterocycles. The van der Waals surface area contributed by atoms with Crippen LogP contribution in [0.25, 0.3) is 0 Å². The first-order valence-electron chi connectivity index (χ1n) is 8.57. The van der Waals surface area contributed by atoms with Gasteiger partial charge in [0, 0.05) is 17.3 Å². The lowest BCUT2D eigenvalue weighted by atomic mass is 9.76. The van der Waals surface area contributed by atoms with Crippen LogP contribution in [0.3, 0.4) is 0 Å². The number of hydrogen-bond acceptors (Lipinski definition) is 5. The van der Waals surface area contributed by atoms with Gasteiger partial charge in [-0.3, -0.25) is 9.59 Å². The Morgan fingerprint density at radius 3 is 2.58 bits per heavy atom. The van der Waals surface area contributed by atoms with Crippen molar-refractivity contribution in [2.45, 2.75) is 52.5 Å². The van der Waals surface area contributed by atoms with Crippen LogP contribution in [0.15, 0.2) is 41.0 Å². The molecular weight excluding hydrogens is 352 g/mol. The zero-order valence-corrected chi connectivity index (χ0v) is 16.4. The van der Waals surface area contributed by atoms with E-state index in [9.17, 15) is 9.59 Å². The summed E-state index contributed by atoms with van der Waals surface area (Å²) in [6, 6.07) is 1.62. The average molecular weight is 377 g/mol. The third kappa shape index (κ3) is 4.49. The molecule has 140 valence electrons. The van der Waals surface area contributed by atoms with Gasteiger partial charge < -0.3 is 10.6 Å². The molecule has 0 bridgehead atoms. The fourth-order valence-corrected chi connectivity index (χ4v) is 3.24. The smallest absolute Gasteiger partial charge is 0.248 e. The molecule has 1 heterocycles. The van der Waals surface area contributed by atoms with Crippen LogP contribution in [0.4, 0.5) is 5.82 Å². The van der Waals surface area contributed by atoms with Gasteiger partial charge in [0.15, 0.2) is 6.29 Å². The first kappa shape index (κ1) is 20.1. The highest BCUT2D eigenvalue weighted by molar-refractivity contribution is 6.33. The molecular formula is C19H25ClN4O2. The first-order valence-corrected chi connectivity index (χ1v) is 8.95. The van der Waals surface area contributed by atoms with E-state index in [1.165, 1.54) is 12.4 Å². The first-order chi connectivity index (χ1) is 12.2. The van der Waals surface area contributed by atoms with Crippen LogP contribution in [-0.2, 0) is 9.59 Å². The number of anilines is 1. The van der Waals surface area contributed by atoms with Crippen LogP contribution in [0, 0.1) is 5.41 Å². The molecule has 1 aromatic heterocycles. The summed E-state index contributed by atoms with van der Waals surface area (Å²) in [6.07, 6.45) is 8.05. The number of amides is 1. The lowest BCUT2D eigenvalue weighted by Gasteiger charge is -2.39. The molecule has 1 unspecified atom stereocenters. The predicted molar refractivity (Wildman–Crippen MR) is 103 cm³/mol. The normalized spacial score (nSPS) is 23.2. The van der Waals surface area contributed by atoms with Crippen molar-refractivity contribution in [3.05, 3.63) is 41.0 Å². The molecule has 26 heavy (non-hydrogen) atoms. The van der Waals surface area contributed by atoms with Gasteiger partial charge in [-0.25, -0.2) is 9.97 Å². The van der Waals surface area contributed by atoms with E-state index in [-0.39, 0.29) is 27.6 Å². The maximum Gasteiger partial charge on any atom is 0.248 e. The third-order valence-electron chi connectivity index (χ3n) is 5.32. The largest absolute Gasteiger partial charge is 0.347 e. The lowest BCUT2D eigenvalue weighted by Crippen LogP contribution is -2.53. The van der Waals surface area contributed by atoms with E-state index in [1.807, 2.05) is 0 Å². The van der Waals surface area contributed by atoms with Crippen LogP contribution in [0.2, 0.25) is 0 Å². The Hall–Kier alpha value is -2.21. The van der Waals surface area contributed by atoms with Crippen molar-refractivity contribution in [3.8, 4) is 0 Å². The second-order valence-corrected chi connectivity index (χ2v) is 7.84. The Bertz CT molecular complexity index is 743. The van der Waals surface area contributed by atoms with Gasteiger partial charge in [-0.05, 0) is 44.2 Å². The summed E-state index contributed by atoms with van der Waals surface area (Å²) in [5.74, 6) is 0.237. The van der Waals surface area contributed by atoms with Crippen LogP contribution >= 0.6 is 11.6 Å². The fourth-order valence-electron chi connectivity index (χ4n) is 3.04. The number of nitrogens with one attached hydrogen (secondary N) is 2. The van der Waals surface area contributed by atoms with Gasteiger partial charge in [-0.1, -0.05) is 31.9 Å². The molecule has 6 nitrogen and oxygen atoms in total. The molecule has 0 spiro atoms. The van der Waals surface area contributed by atoms with E-state index in [4.69, 9.17) is 11.6 Å². The SMILES string of the molecule is C/C(C(=O)NC1(C)CCCC1(C)C)=C(Cl)\C=C(/C=O)Nc1ccncn1. The number of nitrogens with zero attached hydrogens (tertiary/aromatic N) is 2. The van der Waals surface area contributed by atoms with Gasteiger partial charge in [0.05, 0.1) is 10.7 Å². The molecule has 1 aromatic rings. The highest BCUT2D eigenvalue weighted by Crippen LogP contribution is 2.45. The predicted octanol–water partition coefficient (Wildman–Crippen LogP) is 3.57. The number of halogens is 1. The molecule has 0 radical (unpaired) electrons. The second kappa shape index (κ2) is 7.99. The highest BCUT2D eigenvalue weighted by atomic mass is 35.5. The summed E-state index contributed by atoms with van der Waals surface area (Å²) in [4.78, 5) is 31.7. The Kier molecular flexibility index (Phi) is 6.18. The Morgan fingerprint density at radius 2 is 2.04 bits per heavy atom. The minimum Gasteiger partial charge on any atom is -0.347 e. The molecule has 1 amide bonds. The van der Waals surface area contributed by atoms with Gasteiger partial charge in [-0.2, -0.15) is 0 Å². The van der Waals surface area contributed by atoms with Crippen molar-refractivity contribution in [2.75, 3.05) is 5.32 Å². The van der Waals surface area contributed by atoms with E-state index >= 15 is 0 Å². The average Bonchev–Trinajstić information content (AvgIpc) is 2.86. The van der Waals surface area contributed by atoms with Crippen LogP contribution in [-0.4, -0.2) is 27.7 Å². The number of carbonyl (C=O) groups is 2. The molecule has 1 fully saturated rings. The van der Waals surface area contributed by atoms with Crippen molar-refractivity contribution in [2.24, 2.45) is 5.41 Å². The summed E-state index contributed by atoms with van der Waals surface area (Å²) in [7, 11) is 0. The topological polar surface area (TPSA) is 84.0 Å². The van der Waals surface area contributed by atoms with Crippen LogP contribution in [0.5, 0.6) is 0 Å². The van der Waals surface area contributed by atoms with Crippen LogP contribution < -0.4 is 10.6 Å². The Morgan fingerprint density at radius 1 is 1.31 bits per heavy atom. The van der Waals surface area contributed by atoms with E-state index < -0.39 is 0 Å². The molecule has 7 heteroatoms. The highest BCUT2D eigenvalue weighted by Gasteiger charge is 2.46. The molecule has 1 saturated carbocycles. The van der Waals surface area contributed by atoms with Gasteiger partial charge in [0.2, 0.25) is 5.91 Å². The number of carbonyl (C=O) groups excluding carboxylic acids is 2. The molecule has 2 N–H and O–H groups in total. The molecule has 2 rings (SSSR count). The maximum absolute atomic E-state index is 12.6. The van der Waals surface area contributed by atoms with Gasteiger partial charge in [0.1, 0.15) is 12.1 Å². The Labute approximate surface area is 159 Å². The van der Waals surface area contributed by atoms with Crippen molar-refractivity contribution >= 4 is 29.6 Å². The summed E-state index contributed by atoms with van der Waals surface area (Å²) in [6.45, 7) is 8.04. The third-order valence-corrected chi connectivity index (χ3v) is 5.72. The van der Waals surface area contributed by atoms with E-state index in [1.54, 1.807) is 19.2 Å². The van der Waals surface area contributed by atoms with E-state index in [0.29, 0.717) is 17.7 Å². The van der Waals surface area contributed by atoms with Gasteiger partial charge >= 0.3 is 0 Å².